The number of hydrogen-bond acceptors (Lipinski definition) is 3. The molecule has 1 N–H and O–H groups in total. The molecule has 0 radical (unpaired) electrons. The lowest BCUT2D eigenvalue weighted by atomic mass is 9.89. The molecule has 0 saturated heterocycles. The summed E-state index contributed by atoms with van der Waals surface area (Å²) in [7, 11) is 0. The van der Waals surface area contributed by atoms with Crippen LogP contribution in [0.2, 0.25) is 5.02 Å². The van der Waals surface area contributed by atoms with Gasteiger partial charge in [0.15, 0.2) is 0 Å². The number of rotatable bonds is 7. The van der Waals surface area contributed by atoms with Crippen LogP contribution >= 0.6 is 11.6 Å². The number of benzene rings is 1. The van der Waals surface area contributed by atoms with Gasteiger partial charge in [0, 0.05) is 17.7 Å². The van der Waals surface area contributed by atoms with Crippen molar-refractivity contribution in [2.75, 3.05) is 6.54 Å². The van der Waals surface area contributed by atoms with Crippen LogP contribution in [0.5, 0.6) is 0 Å². The van der Waals surface area contributed by atoms with Crippen molar-refractivity contribution in [3.63, 3.8) is 0 Å². The van der Waals surface area contributed by atoms with Gasteiger partial charge in [0.25, 0.3) is 5.69 Å². The van der Waals surface area contributed by atoms with Crippen molar-refractivity contribution in [2.24, 2.45) is 5.41 Å². The van der Waals surface area contributed by atoms with Gasteiger partial charge in [-0.2, -0.15) is 0 Å². The Morgan fingerprint density at radius 1 is 1.50 bits per heavy atom. The summed E-state index contributed by atoms with van der Waals surface area (Å²) >= 11 is 6.19. The van der Waals surface area contributed by atoms with Crippen molar-refractivity contribution in [1.82, 2.24) is 5.32 Å². The molecule has 5 heteroatoms. The molecule has 0 heterocycles. The quantitative estimate of drug-likeness (QED) is 0.612. The van der Waals surface area contributed by atoms with Crippen molar-refractivity contribution >= 4 is 17.3 Å². The average Bonchev–Trinajstić information content (AvgIpc) is 3.19. The Balaban J connectivity index is 2.20. The Labute approximate surface area is 124 Å². The molecule has 0 aromatic heterocycles. The number of nitro benzene ring substituents is 1. The normalized spacial score (nSPS) is 17.8. The second kappa shape index (κ2) is 6.10. The van der Waals surface area contributed by atoms with Gasteiger partial charge in [0.1, 0.15) is 0 Å². The fourth-order valence-electron chi connectivity index (χ4n) is 2.75. The summed E-state index contributed by atoms with van der Waals surface area (Å²) < 4.78 is 0. The first-order valence-electron chi connectivity index (χ1n) is 7.15. The van der Waals surface area contributed by atoms with Gasteiger partial charge in [-0.3, -0.25) is 10.1 Å². The highest BCUT2D eigenvalue weighted by atomic mass is 35.5. The van der Waals surface area contributed by atoms with E-state index in [9.17, 15) is 10.1 Å². The Hall–Kier alpha value is -1.13. The predicted molar refractivity (Wildman–Crippen MR) is 81.2 cm³/mol. The molecular formula is C15H21ClN2O2. The highest BCUT2D eigenvalue weighted by Crippen LogP contribution is 2.52. The number of nitro groups is 1. The van der Waals surface area contributed by atoms with Gasteiger partial charge in [-0.25, -0.2) is 0 Å². The van der Waals surface area contributed by atoms with Crippen LogP contribution in [0.15, 0.2) is 18.2 Å². The molecule has 1 aromatic carbocycles. The number of nitrogens with zero attached hydrogens (tertiary/aromatic N) is 1. The molecule has 1 atom stereocenters. The molecule has 1 aliphatic rings. The summed E-state index contributed by atoms with van der Waals surface area (Å²) in [6, 6.07) is 5.28. The van der Waals surface area contributed by atoms with Crippen LogP contribution in [0.4, 0.5) is 5.69 Å². The number of nitrogens with one attached hydrogen (secondary N) is 1. The lowest BCUT2D eigenvalue weighted by molar-refractivity contribution is -0.385. The SMILES string of the molecule is CCCNC(C)C1(Cc2c(Cl)cccc2[N+](=O)[O-])CC1. The van der Waals surface area contributed by atoms with Gasteiger partial charge >= 0.3 is 0 Å². The van der Waals surface area contributed by atoms with Crippen molar-refractivity contribution < 1.29 is 4.92 Å². The fourth-order valence-corrected chi connectivity index (χ4v) is 2.98. The molecule has 1 saturated carbocycles. The van der Waals surface area contributed by atoms with E-state index in [2.05, 4.69) is 19.2 Å². The Morgan fingerprint density at radius 2 is 2.20 bits per heavy atom. The summed E-state index contributed by atoms with van der Waals surface area (Å²) in [5, 5.41) is 15.2. The summed E-state index contributed by atoms with van der Waals surface area (Å²) in [5.41, 5.74) is 0.957. The van der Waals surface area contributed by atoms with Crippen LogP contribution in [0, 0.1) is 15.5 Å². The maximum Gasteiger partial charge on any atom is 0.274 e. The van der Waals surface area contributed by atoms with E-state index in [1.54, 1.807) is 18.2 Å². The van der Waals surface area contributed by atoms with Crippen LogP contribution in [0.25, 0.3) is 0 Å². The summed E-state index contributed by atoms with van der Waals surface area (Å²) in [6.07, 6.45) is 3.98. The Bertz CT molecular complexity index is 501. The van der Waals surface area contributed by atoms with Crippen LogP contribution in [0.1, 0.15) is 38.7 Å². The minimum absolute atomic E-state index is 0.130. The Morgan fingerprint density at radius 3 is 2.75 bits per heavy atom. The largest absolute Gasteiger partial charge is 0.314 e. The predicted octanol–water partition coefficient (Wildman–Crippen LogP) is 3.96. The van der Waals surface area contributed by atoms with Gasteiger partial charge < -0.3 is 5.32 Å². The summed E-state index contributed by atoms with van der Waals surface area (Å²) in [5.74, 6) is 0. The van der Waals surface area contributed by atoms with Gasteiger partial charge in [0.05, 0.1) is 9.95 Å². The topological polar surface area (TPSA) is 55.2 Å². The van der Waals surface area contributed by atoms with Crippen molar-refractivity contribution in [1.29, 1.82) is 0 Å². The highest BCUT2D eigenvalue weighted by Gasteiger charge is 2.48. The zero-order chi connectivity index (χ0) is 14.8. The second-order valence-electron chi connectivity index (χ2n) is 5.71. The zero-order valence-electron chi connectivity index (χ0n) is 12.0. The molecule has 2 rings (SSSR count). The van der Waals surface area contributed by atoms with Crippen LogP contribution in [0.3, 0.4) is 0 Å². The first kappa shape index (κ1) is 15.3. The molecule has 1 aliphatic carbocycles. The number of halogens is 1. The van der Waals surface area contributed by atoms with Gasteiger partial charge in [-0.1, -0.05) is 24.6 Å². The smallest absolute Gasteiger partial charge is 0.274 e. The van der Waals surface area contributed by atoms with Gasteiger partial charge in [-0.05, 0) is 50.6 Å². The minimum Gasteiger partial charge on any atom is -0.314 e. The molecular weight excluding hydrogens is 276 g/mol. The van der Waals surface area contributed by atoms with Gasteiger partial charge in [-0.15, -0.1) is 0 Å². The Kier molecular flexibility index (Phi) is 4.66. The monoisotopic (exact) mass is 296 g/mol. The molecule has 0 aliphatic heterocycles. The van der Waals surface area contributed by atoms with Crippen molar-refractivity contribution in [3.8, 4) is 0 Å². The van der Waals surface area contributed by atoms with Crippen LogP contribution < -0.4 is 5.32 Å². The van der Waals surface area contributed by atoms with E-state index in [4.69, 9.17) is 11.6 Å². The maximum atomic E-state index is 11.2. The molecule has 4 nitrogen and oxygen atoms in total. The molecule has 0 spiro atoms. The number of hydrogen-bond donors (Lipinski definition) is 1. The van der Waals surface area contributed by atoms with Gasteiger partial charge in [0.2, 0.25) is 0 Å². The van der Waals surface area contributed by atoms with E-state index in [1.165, 1.54) is 0 Å². The summed E-state index contributed by atoms with van der Waals surface area (Å²) in [6.45, 7) is 5.29. The second-order valence-corrected chi connectivity index (χ2v) is 6.12. The maximum absolute atomic E-state index is 11.2. The molecule has 1 fully saturated rings. The van der Waals surface area contributed by atoms with E-state index in [0.717, 1.165) is 25.8 Å². The standard InChI is InChI=1S/C15H21ClN2O2/c1-3-9-17-11(2)15(7-8-15)10-12-13(16)5-4-6-14(12)18(19)20/h4-6,11,17H,3,7-10H2,1-2H3. The van der Waals surface area contributed by atoms with Crippen molar-refractivity contribution in [3.05, 3.63) is 38.9 Å². The average molecular weight is 297 g/mol. The molecule has 1 aromatic rings. The minimum atomic E-state index is -0.332. The molecule has 20 heavy (non-hydrogen) atoms. The third-order valence-corrected chi connectivity index (χ3v) is 4.69. The van der Waals surface area contributed by atoms with E-state index < -0.39 is 0 Å². The third-order valence-electron chi connectivity index (χ3n) is 4.33. The zero-order valence-corrected chi connectivity index (χ0v) is 12.7. The first-order valence-corrected chi connectivity index (χ1v) is 7.53. The van der Waals surface area contributed by atoms with Crippen LogP contribution in [-0.2, 0) is 6.42 Å². The van der Waals surface area contributed by atoms with E-state index >= 15 is 0 Å². The van der Waals surface area contributed by atoms with E-state index in [-0.39, 0.29) is 16.0 Å². The highest BCUT2D eigenvalue weighted by molar-refractivity contribution is 6.31. The lowest BCUT2D eigenvalue weighted by Crippen LogP contribution is -2.36. The first-order chi connectivity index (χ1) is 9.50. The molecule has 0 bridgehead atoms. The van der Waals surface area contributed by atoms with E-state index in [1.807, 2.05) is 0 Å². The molecule has 1 unspecified atom stereocenters. The molecule has 110 valence electrons. The summed E-state index contributed by atoms with van der Waals surface area (Å²) in [4.78, 5) is 10.8. The van der Waals surface area contributed by atoms with Crippen LogP contribution in [-0.4, -0.2) is 17.5 Å². The van der Waals surface area contributed by atoms with Crippen molar-refractivity contribution in [2.45, 2.75) is 45.6 Å². The van der Waals surface area contributed by atoms with E-state index in [0.29, 0.717) is 23.0 Å². The third kappa shape index (κ3) is 3.13. The fraction of sp³-hybridized carbons (Fsp3) is 0.600. The lowest BCUT2D eigenvalue weighted by Gasteiger charge is -2.25. The molecule has 0 amide bonds.